The summed E-state index contributed by atoms with van der Waals surface area (Å²) in [5, 5.41) is 14.0. The number of rotatable bonds is 2. The molecule has 1 aromatic heterocycles. The minimum Gasteiger partial charge on any atom is -0.397 e. The maximum absolute atomic E-state index is 11.3. The van der Waals surface area contributed by atoms with Crippen LogP contribution in [-0.2, 0) is 10.0 Å². The molecule has 4 N–H and O–H groups in total. The predicted octanol–water partition coefficient (Wildman–Crippen LogP) is 0.579. The predicted molar refractivity (Wildman–Crippen MR) is 66.3 cm³/mol. The lowest BCUT2D eigenvalue weighted by atomic mass is 10.2. The first-order chi connectivity index (χ1) is 8.43. The smallest absolute Gasteiger partial charge is 0.238 e. The molecule has 0 fully saturated rings. The second kappa shape index (κ2) is 4.18. The molecule has 0 saturated carbocycles. The van der Waals surface area contributed by atoms with E-state index in [1.807, 2.05) is 6.07 Å². The maximum Gasteiger partial charge on any atom is 0.238 e. The van der Waals surface area contributed by atoms with Crippen LogP contribution in [0.25, 0.3) is 5.69 Å². The summed E-state index contributed by atoms with van der Waals surface area (Å²) in [5.41, 5.74) is 6.90. The molecule has 1 heterocycles. The molecule has 7 heteroatoms. The Labute approximate surface area is 104 Å². The van der Waals surface area contributed by atoms with Crippen LogP contribution in [-0.4, -0.2) is 13.0 Å². The average Bonchev–Trinajstić information content (AvgIpc) is 2.76. The highest BCUT2D eigenvalue weighted by Gasteiger charge is 2.12. The van der Waals surface area contributed by atoms with Gasteiger partial charge in [-0.05, 0) is 30.3 Å². The Balaban J connectivity index is 2.69. The van der Waals surface area contributed by atoms with Crippen molar-refractivity contribution in [3.05, 3.63) is 42.2 Å². The first-order valence-electron chi connectivity index (χ1n) is 4.93. The molecule has 0 amide bonds. The fourth-order valence-corrected chi connectivity index (χ4v) is 2.12. The molecule has 0 saturated heterocycles. The van der Waals surface area contributed by atoms with Crippen molar-refractivity contribution in [2.45, 2.75) is 4.90 Å². The van der Waals surface area contributed by atoms with Crippen LogP contribution in [0.3, 0.4) is 0 Å². The Morgan fingerprint density at radius 1 is 1.28 bits per heavy atom. The molecular weight excluding hydrogens is 252 g/mol. The number of nitrogens with two attached hydrogens (primary N) is 2. The highest BCUT2D eigenvalue weighted by Crippen LogP contribution is 2.22. The van der Waals surface area contributed by atoms with Crippen molar-refractivity contribution in [2.75, 3.05) is 5.73 Å². The summed E-state index contributed by atoms with van der Waals surface area (Å²) in [6.45, 7) is 0. The largest absolute Gasteiger partial charge is 0.397 e. The summed E-state index contributed by atoms with van der Waals surface area (Å²) in [4.78, 5) is -0.0516. The molecule has 0 aliphatic heterocycles. The molecule has 2 rings (SSSR count). The van der Waals surface area contributed by atoms with Crippen molar-refractivity contribution in [1.82, 2.24) is 4.57 Å². The first kappa shape index (κ1) is 12.2. The highest BCUT2D eigenvalue weighted by molar-refractivity contribution is 7.89. The van der Waals surface area contributed by atoms with Crippen molar-refractivity contribution in [1.29, 1.82) is 5.26 Å². The first-order valence-corrected chi connectivity index (χ1v) is 6.48. The molecule has 0 radical (unpaired) electrons. The minimum atomic E-state index is -3.80. The lowest BCUT2D eigenvalue weighted by molar-refractivity contribution is 0.597. The highest BCUT2D eigenvalue weighted by atomic mass is 32.2. The average molecular weight is 262 g/mol. The summed E-state index contributed by atoms with van der Waals surface area (Å²) in [6, 6.07) is 9.36. The van der Waals surface area contributed by atoms with Crippen molar-refractivity contribution in [2.24, 2.45) is 5.14 Å². The molecule has 2 aromatic rings. The van der Waals surface area contributed by atoms with Crippen LogP contribution in [0.2, 0.25) is 0 Å². The van der Waals surface area contributed by atoms with Gasteiger partial charge < -0.3 is 10.3 Å². The van der Waals surface area contributed by atoms with Crippen LogP contribution in [0.5, 0.6) is 0 Å². The Morgan fingerprint density at radius 3 is 2.61 bits per heavy atom. The Kier molecular flexibility index (Phi) is 2.82. The summed E-state index contributed by atoms with van der Waals surface area (Å²) >= 11 is 0. The Hall–Kier alpha value is -2.30. The van der Waals surface area contributed by atoms with E-state index in [0.29, 0.717) is 17.1 Å². The summed E-state index contributed by atoms with van der Waals surface area (Å²) in [7, 11) is -3.80. The number of nitrogens with zero attached hydrogens (tertiary/aromatic N) is 2. The van der Waals surface area contributed by atoms with Gasteiger partial charge in [0.25, 0.3) is 0 Å². The van der Waals surface area contributed by atoms with Gasteiger partial charge in [-0.15, -0.1) is 0 Å². The van der Waals surface area contributed by atoms with Gasteiger partial charge in [-0.1, -0.05) is 0 Å². The number of benzene rings is 1. The fourth-order valence-electron chi connectivity index (χ4n) is 1.59. The van der Waals surface area contributed by atoms with Crippen LogP contribution in [0.4, 0.5) is 5.69 Å². The SMILES string of the molecule is N#Cc1cccn1-c1cc(S(N)(=O)=O)ccc1N. The Morgan fingerprint density at radius 2 is 2.00 bits per heavy atom. The normalized spacial score (nSPS) is 11.1. The van der Waals surface area contributed by atoms with Crippen LogP contribution in [0.1, 0.15) is 5.69 Å². The number of hydrogen-bond acceptors (Lipinski definition) is 4. The molecule has 0 unspecified atom stereocenters. The standard InChI is InChI=1S/C11H10N4O2S/c12-7-8-2-1-5-15(8)11-6-9(18(14,16)17)3-4-10(11)13/h1-6H,13H2,(H2,14,16,17). The molecule has 92 valence electrons. The molecule has 18 heavy (non-hydrogen) atoms. The summed E-state index contributed by atoms with van der Waals surface area (Å²) < 4.78 is 24.1. The van der Waals surface area contributed by atoms with E-state index in [1.54, 1.807) is 18.3 Å². The molecule has 1 aromatic carbocycles. The van der Waals surface area contributed by atoms with Crippen LogP contribution in [0.15, 0.2) is 41.4 Å². The van der Waals surface area contributed by atoms with E-state index < -0.39 is 10.0 Å². The third kappa shape index (κ3) is 2.07. The van der Waals surface area contributed by atoms with Crippen molar-refractivity contribution in [3.8, 4) is 11.8 Å². The van der Waals surface area contributed by atoms with E-state index in [0.717, 1.165) is 0 Å². The van der Waals surface area contributed by atoms with Gasteiger partial charge in [0.1, 0.15) is 11.8 Å². The van der Waals surface area contributed by atoms with Gasteiger partial charge in [0.2, 0.25) is 10.0 Å². The zero-order chi connectivity index (χ0) is 13.3. The third-order valence-electron chi connectivity index (χ3n) is 2.45. The molecule has 0 bridgehead atoms. The lowest BCUT2D eigenvalue weighted by Crippen LogP contribution is -2.13. The van der Waals surface area contributed by atoms with E-state index in [4.69, 9.17) is 16.1 Å². The number of aromatic nitrogens is 1. The topological polar surface area (TPSA) is 115 Å². The number of anilines is 1. The van der Waals surface area contributed by atoms with E-state index in [2.05, 4.69) is 0 Å². The van der Waals surface area contributed by atoms with Gasteiger partial charge in [-0.25, -0.2) is 13.6 Å². The molecule has 6 nitrogen and oxygen atoms in total. The van der Waals surface area contributed by atoms with E-state index in [-0.39, 0.29) is 4.90 Å². The van der Waals surface area contributed by atoms with Gasteiger partial charge in [-0.3, -0.25) is 0 Å². The van der Waals surface area contributed by atoms with Gasteiger partial charge >= 0.3 is 0 Å². The van der Waals surface area contributed by atoms with Gasteiger partial charge in [0.15, 0.2) is 0 Å². The molecular formula is C11H10N4O2S. The zero-order valence-electron chi connectivity index (χ0n) is 9.24. The van der Waals surface area contributed by atoms with E-state index in [9.17, 15) is 8.42 Å². The third-order valence-corrected chi connectivity index (χ3v) is 3.36. The maximum atomic E-state index is 11.3. The van der Waals surface area contributed by atoms with Crippen LogP contribution >= 0.6 is 0 Å². The van der Waals surface area contributed by atoms with Gasteiger partial charge in [-0.2, -0.15) is 5.26 Å². The molecule has 0 atom stereocenters. The van der Waals surface area contributed by atoms with Crippen LogP contribution in [0, 0.1) is 11.3 Å². The second-order valence-corrected chi connectivity index (χ2v) is 5.20. The summed E-state index contributed by atoms with van der Waals surface area (Å²) in [6.07, 6.45) is 1.62. The van der Waals surface area contributed by atoms with Gasteiger partial charge in [0.05, 0.1) is 16.3 Å². The van der Waals surface area contributed by atoms with Crippen LogP contribution < -0.4 is 10.9 Å². The van der Waals surface area contributed by atoms with Crippen molar-refractivity contribution in [3.63, 3.8) is 0 Å². The lowest BCUT2D eigenvalue weighted by Gasteiger charge is -2.10. The monoisotopic (exact) mass is 262 g/mol. The van der Waals surface area contributed by atoms with Crippen molar-refractivity contribution >= 4 is 15.7 Å². The molecule has 0 aliphatic carbocycles. The molecule has 0 spiro atoms. The number of primary sulfonamides is 1. The number of sulfonamides is 1. The van der Waals surface area contributed by atoms with Gasteiger partial charge in [0, 0.05) is 6.20 Å². The zero-order valence-corrected chi connectivity index (χ0v) is 10.1. The minimum absolute atomic E-state index is 0.0516. The Bertz CT molecular complexity index is 741. The quantitative estimate of drug-likeness (QED) is 0.770. The van der Waals surface area contributed by atoms with E-state index in [1.165, 1.54) is 22.8 Å². The second-order valence-electron chi connectivity index (χ2n) is 3.64. The number of nitriles is 1. The van der Waals surface area contributed by atoms with E-state index >= 15 is 0 Å². The molecule has 0 aliphatic rings. The number of hydrogen-bond donors (Lipinski definition) is 2. The number of nitrogen functional groups attached to an aromatic ring is 1. The fraction of sp³-hybridized carbons (Fsp3) is 0. The van der Waals surface area contributed by atoms with Crippen molar-refractivity contribution < 1.29 is 8.42 Å². The summed E-state index contributed by atoms with van der Waals surface area (Å²) in [5.74, 6) is 0.